The van der Waals surface area contributed by atoms with Gasteiger partial charge >= 0.3 is 0 Å². The molecule has 0 saturated carbocycles. The Balaban J connectivity index is 2.84. The van der Waals surface area contributed by atoms with E-state index >= 15 is 0 Å². The number of hydrogen-bond donors (Lipinski definition) is 1. The first-order chi connectivity index (χ1) is 7.35. The molecule has 0 atom stereocenters. The smallest absolute Gasteiger partial charge is 0.142 e. The highest BCUT2D eigenvalue weighted by atomic mass is 79.9. The highest BCUT2D eigenvalue weighted by Crippen LogP contribution is 2.27. The lowest BCUT2D eigenvalue weighted by atomic mass is 9.93. The minimum absolute atomic E-state index is 0.0863. The maximum Gasteiger partial charge on any atom is 0.142 e. The largest absolute Gasteiger partial charge is 0.358 e. The third-order valence-corrected chi connectivity index (χ3v) is 3.38. The fourth-order valence-electron chi connectivity index (χ4n) is 1.47. The summed E-state index contributed by atoms with van der Waals surface area (Å²) in [6.45, 7) is 5.83. The van der Waals surface area contributed by atoms with Crippen molar-refractivity contribution in [2.75, 3.05) is 25.0 Å². The van der Waals surface area contributed by atoms with Crippen molar-refractivity contribution in [3.63, 3.8) is 0 Å². The molecule has 0 spiro atoms. The normalized spacial score (nSPS) is 11.6. The van der Waals surface area contributed by atoms with Crippen LogP contribution in [0.1, 0.15) is 13.8 Å². The van der Waals surface area contributed by atoms with E-state index in [-0.39, 0.29) is 5.41 Å². The molecule has 0 aliphatic heterocycles. The average Bonchev–Trinajstić information content (AvgIpc) is 2.16. The highest BCUT2D eigenvalue weighted by Gasteiger charge is 2.20. The minimum Gasteiger partial charge on any atom is -0.358 e. The van der Waals surface area contributed by atoms with Crippen LogP contribution < -0.4 is 10.6 Å². The van der Waals surface area contributed by atoms with Crippen LogP contribution in [0.15, 0.2) is 21.2 Å². The summed E-state index contributed by atoms with van der Waals surface area (Å²) in [7, 11) is 2.03. The predicted octanol–water partition coefficient (Wildman–Crippen LogP) is 3.03. The Bertz CT molecular complexity index is 366. The van der Waals surface area contributed by atoms with Crippen LogP contribution in [0.2, 0.25) is 0 Å². The zero-order valence-corrected chi connectivity index (χ0v) is 13.0. The molecule has 0 radical (unpaired) electrons. The van der Waals surface area contributed by atoms with Crippen LogP contribution >= 0.6 is 31.9 Å². The molecular formula is C11H17Br2N3. The fraction of sp³-hybridized carbons (Fsp3) is 0.545. The van der Waals surface area contributed by atoms with Gasteiger partial charge in [-0.05, 0) is 49.9 Å². The van der Waals surface area contributed by atoms with E-state index < -0.39 is 0 Å². The zero-order chi connectivity index (χ0) is 12.3. The van der Waals surface area contributed by atoms with Gasteiger partial charge in [0.05, 0.1) is 4.47 Å². The molecule has 0 aromatic carbocycles. The van der Waals surface area contributed by atoms with Crippen LogP contribution in [-0.2, 0) is 0 Å². The minimum atomic E-state index is 0.0863. The molecule has 0 aliphatic rings. The second-order valence-corrected chi connectivity index (χ2v) is 6.45. The molecule has 3 nitrogen and oxygen atoms in total. The number of hydrogen-bond acceptors (Lipinski definition) is 3. The molecule has 0 amide bonds. The molecule has 2 N–H and O–H groups in total. The summed E-state index contributed by atoms with van der Waals surface area (Å²) in [5, 5.41) is 0. The van der Waals surface area contributed by atoms with Crippen molar-refractivity contribution in [3.8, 4) is 0 Å². The molecule has 0 aliphatic carbocycles. The first-order valence-corrected chi connectivity index (χ1v) is 6.66. The predicted molar refractivity (Wildman–Crippen MR) is 75.7 cm³/mol. The summed E-state index contributed by atoms with van der Waals surface area (Å²) < 4.78 is 1.95. The molecule has 1 heterocycles. The van der Waals surface area contributed by atoms with Gasteiger partial charge in [0.15, 0.2) is 0 Å². The molecule has 0 bridgehead atoms. The summed E-state index contributed by atoms with van der Waals surface area (Å²) in [5.41, 5.74) is 5.81. The maximum absolute atomic E-state index is 5.73. The van der Waals surface area contributed by atoms with Crippen molar-refractivity contribution in [2.45, 2.75) is 13.8 Å². The van der Waals surface area contributed by atoms with Gasteiger partial charge < -0.3 is 10.6 Å². The lowest BCUT2D eigenvalue weighted by molar-refractivity contribution is 0.384. The Morgan fingerprint density at radius 2 is 2.06 bits per heavy atom. The number of halogens is 2. The van der Waals surface area contributed by atoms with E-state index in [9.17, 15) is 0 Å². The number of pyridine rings is 1. The topological polar surface area (TPSA) is 42.1 Å². The summed E-state index contributed by atoms with van der Waals surface area (Å²) in [6.07, 6.45) is 1.80. The van der Waals surface area contributed by atoms with Crippen molar-refractivity contribution >= 4 is 37.7 Å². The monoisotopic (exact) mass is 349 g/mol. The Hall–Kier alpha value is -0.130. The lowest BCUT2D eigenvalue weighted by Crippen LogP contribution is -2.37. The van der Waals surface area contributed by atoms with Crippen molar-refractivity contribution in [3.05, 3.63) is 21.2 Å². The van der Waals surface area contributed by atoms with Crippen LogP contribution in [-0.4, -0.2) is 25.1 Å². The number of aromatic nitrogens is 1. The fourth-order valence-corrected chi connectivity index (χ4v) is 2.76. The van der Waals surface area contributed by atoms with Gasteiger partial charge in [0, 0.05) is 24.3 Å². The Kier molecular flexibility index (Phi) is 4.76. The van der Waals surface area contributed by atoms with Crippen LogP contribution in [0, 0.1) is 5.41 Å². The van der Waals surface area contributed by atoms with E-state index in [1.807, 2.05) is 13.1 Å². The Morgan fingerprint density at radius 1 is 1.44 bits per heavy atom. The molecular weight excluding hydrogens is 334 g/mol. The average molecular weight is 351 g/mol. The van der Waals surface area contributed by atoms with Crippen LogP contribution in [0.25, 0.3) is 0 Å². The van der Waals surface area contributed by atoms with Crippen molar-refractivity contribution < 1.29 is 0 Å². The molecule has 90 valence electrons. The molecule has 16 heavy (non-hydrogen) atoms. The van der Waals surface area contributed by atoms with Gasteiger partial charge in [-0.1, -0.05) is 13.8 Å². The second kappa shape index (κ2) is 5.47. The quantitative estimate of drug-likeness (QED) is 0.907. The molecule has 1 aromatic heterocycles. The van der Waals surface area contributed by atoms with E-state index in [2.05, 4.69) is 55.6 Å². The lowest BCUT2D eigenvalue weighted by Gasteiger charge is -2.30. The van der Waals surface area contributed by atoms with Gasteiger partial charge in [0.25, 0.3) is 0 Å². The van der Waals surface area contributed by atoms with E-state index in [0.29, 0.717) is 6.54 Å². The number of anilines is 1. The van der Waals surface area contributed by atoms with Gasteiger partial charge in [-0.3, -0.25) is 0 Å². The number of rotatable bonds is 4. The highest BCUT2D eigenvalue weighted by molar-refractivity contribution is 9.11. The van der Waals surface area contributed by atoms with Crippen LogP contribution in [0.5, 0.6) is 0 Å². The summed E-state index contributed by atoms with van der Waals surface area (Å²) >= 11 is 6.90. The van der Waals surface area contributed by atoms with Gasteiger partial charge in [-0.2, -0.15) is 0 Å². The summed E-state index contributed by atoms with van der Waals surface area (Å²) in [4.78, 5) is 6.50. The van der Waals surface area contributed by atoms with E-state index in [1.54, 1.807) is 6.20 Å². The number of nitrogens with two attached hydrogens (primary N) is 1. The van der Waals surface area contributed by atoms with Crippen molar-refractivity contribution in [1.29, 1.82) is 0 Å². The first kappa shape index (κ1) is 13.9. The SMILES string of the molecule is CN(CC(C)(C)CN)c1ncc(Br)cc1Br. The molecule has 1 aromatic rings. The third-order valence-electron chi connectivity index (χ3n) is 2.37. The molecule has 0 unspecified atom stereocenters. The van der Waals surface area contributed by atoms with Crippen molar-refractivity contribution in [1.82, 2.24) is 4.98 Å². The van der Waals surface area contributed by atoms with Crippen molar-refractivity contribution in [2.24, 2.45) is 11.1 Å². The van der Waals surface area contributed by atoms with Gasteiger partial charge in [-0.25, -0.2) is 4.98 Å². The summed E-state index contributed by atoms with van der Waals surface area (Å²) in [5.74, 6) is 0.935. The zero-order valence-electron chi connectivity index (χ0n) is 9.80. The standard InChI is InChI=1S/C11H17Br2N3/c1-11(2,6-14)7-16(3)10-9(13)4-8(12)5-15-10/h4-5H,6-7,14H2,1-3H3. The second-order valence-electron chi connectivity index (χ2n) is 4.68. The van der Waals surface area contributed by atoms with E-state index in [4.69, 9.17) is 5.73 Å². The van der Waals surface area contributed by atoms with Crippen LogP contribution in [0.4, 0.5) is 5.82 Å². The maximum atomic E-state index is 5.73. The van der Waals surface area contributed by atoms with Gasteiger partial charge in [-0.15, -0.1) is 0 Å². The first-order valence-electron chi connectivity index (χ1n) is 5.08. The van der Waals surface area contributed by atoms with E-state index in [0.717, 1.165) is 21.3 Å². The third kappa shape index (κ3) is 3.71. The Labute approximate surface area is 114 Å². The number of nitrogens with zero attached hydrogens (tertiary/aromatic N) is 2. The van der Waals surface area contributed by atoms with E-state index in [1.165, 1.54) is 0 Å². The molecule has 5 heteroatoms. The van der Waals surface area contributed by atoms with Gasteiger partial charge in [0.2, 0.25) is 0 Å². The van der Waals surface area contributed by atoms with Crippen LogP contribution in [0.3, 0.4) is 0 Å². The molecule has 0 fully saturated rings. The molecule has 0 saturated heterocycles. The van der Waals surface area contributed by atoms with Gasteiger partial charge in [0.1, 0.15) is 5.82 Å². The summed E-state index contributed by atoms with van der Waals surface area (Å²) in [6, 6.07) is 1.99. The molecule has 1 rings (SSSR count). The Morgan fingerprint density at radius 3 is 2.56 bits per heavy atom.